The fourth-order valence-corrected chi connectivity index (χ4v) is 3.71. The number of hydrogen-bond acceptors (Lipinski definition) is 2. The second-order valence-corrected chi connectivity index (χ2v) is 6.50. The minimum absolute atomic E-state index is 0. The molecule has 0 aromatic heterocycles. The minimum atomic E-state index is -4.18. The first-order valence-corrected chi connectivity index (χ1v) is 7.99. The van der Waals surface area contributed by atoms with Crippen LogP contribution < -0.4 is 11.1 Å². The Kier molecular flexibility index (Phi) is 7.46. The Bertz CT molecular complexity index is 365. The first-order chi connectivity index (χ1) is 9.91. The Labute approximate surface area is 136 Å². The molecule has 0 aromatic rings. The Balaban J connectivity index is 0.00000242. The lowest BCUT2D eigenvalue weighted by molar-refractivity contribution is -0.186. The molecule has 7 heteroatoms. The molecule has 2 aliphatic rings. The average Bonchev–Trinajstić information content (AvgIpc) is 2.47. The Morgan fingerprint density at radius 3 is 2.41 bits per heavy atom. The number of rotatable bonds is 3. The van der Waals surface area contributed by atoms with Crippen LogP contribution in [-0.2, 0) is 4.79 Å². The molecule has 2 rings (SSSR count). The van der Waals surface area contributed by atoms with Gasteiger partial charge in [-0.1, -0.05) is 19.3 Å². The van der Waals surface area contributed by atoms with Crippen molar-refractivity contribution < 1.29 is 18.0 Å². The van der Waals surface area contributed by atoms with E-state index in [2.05, 4.69) is 5.32 Å². The third-order valence-corrected chi connectivity index (χ3v) is 5.05. The van der Waals surface area contributed by atoms with E-state index in [1.165, 1.54) is 0 Å². The van der Waals surface area contributed by atoms with Gasteiger partial charge in [0, 0.05) is 12.0 Å². The van der Waals surface area contributed by atoms with Crippen LogP contribution in [0.25, 0.3) is 0 Å². The predicted molar refractivity (Wildman–Crippen MR) is 81.7 cm³/mol. The molecule has 2 saturated carbocycles. The van der Waals surface area contributed by atoms with Crippen LogP contribution in [0.1, 0.15) is 51.4 Å². The Hall–Kier alpha value is -0.490. The first-order valence-electron chi connectivity index (χ1n) is 7.99. The van der Waals surface area contributed by atoms with Crippen LogP contribution in [0, 0.1) is 17.8 Å². The smallest absolute Gasteiger partial charge is 0.353 e. The monoisotopic (exact) mass is 342 g/mol. The topological polar surface area (TPSA) is 55.1 Å². The number of hydrogen-bond donors (Lipinski definition) is 2. The molecule has 1 amide bonds. The Morgan fingerprint density at radius 2 is 1.77 bits per heavy atom. The van der Waals surface area contributed by atoms with Crippen LogP contribution in [-0.4, -0.2) is 24.7 Å². The summed E-state index contributed by atoms with van der Waals surface area (Å²) in [5, 5.41) is 2.98. The third-order valence-electron chi connectivity index (χ3n) is 5.05. The molecule has 3 nitrogen and oxygen atoms in total. The highest BCUT2D eigenvalue weighted by Crippen LogP contribution is 2.40. The summed E-state index contributed by atoms with van der Waals surface area (Å²) in [6.45, 7) is 0.529. The van der Waals surface area contributed by atoms with Gasteiger partial charge in [-0.3, -0.25) is 4.79 Å². The fourth-order valence-electron chi connectivity index (χ4n) is 3.71. The van der Waals surface area contributed by atoms with E-state index in [1.54, 1.807) is 0 Å². The summed E-state index contributed by atoms with van der Waals surface area (Å²) in [7, 11) is 0. The van der Waals surface area contributed by atoms with E-state index < -0.39 is 18.0 Å². The van der Waals surface area contributed by atoms with E-state index in [0.717, 1.165) is 25.7 Å². The lowest BCUT2D eigenvalue weighted by Gasteiger charge is -2.34. The fraction of sp³-hybridized carbons (Fsp3) is 0.933. The van der Waals surface area contributed by atoms with Crippen molar-refractivity contribution in [2.24, 2.45) is 23.5 Å². The van der Waals surface area contributed by atoms with Gasteiger partial charge in [0.05, 0.1) is 5.92 Å². The van der Waals surface area contributed by atoms with Gasteiger partial charge in [-0.25, -0.2) is 0 Å². The molecule has 0 aromatic carbocycles. The molecule has 2 aliphatic carbocycles. The second kappa shape index (κ2) is 8.39. The molecule has 130 valence electrons. The van der Waals surface area contributed by atoms with Crippen LogP contribution in [0.4, 0.5) is 13.2 Å². The normalized spacial score (nSPS) is 32.9. The van der Waals surface area contributed by atoms with E-state index >= 15 is 0 Å². The van der Waals surface area contributed by atoms with Gasteiger partial charge in [0.15, 0.2) is 0 Å². The number of nitrogens with one attached hydrogen (secondary N) is 1. The van der Waals surface area contributed by atoms with Gasteiger partial charge in [0.2, 0.25) is 5.91 Å². The molecule has 0 spiro atoms. The summed E-state index contributed by atoms with van der Waals surface area (Å²) in [5.74, 6) is -1.75. The van der Waals surface area contributed by atoms with E-state index in [1.807, 2.05) is 0 Å². The molecule has 4 atom stereocenters. The van der Waals surface area contributed by atoms with Crippen molar-refractivity contribution in [1.82, 2.24) is 5.32 Å². The molecule has 0 heterocycles. The number of halogens is 4. The summed E-state index contributed by atoms with van der Waals surface area (Å²) in [4.78, 5) is 12.3. The minimum Gasteiger partial charge on any atom is -0.353 e. The van der Waals surface area contributed by atoms with Crippen LogP contribution in [0.15, 0.2) is 0 Å². The second-order valence-electron chi connectivity index (χ2n) is 6.50. The lowest BCUT2D eigenvalue weighted by Crippen LogP contribution is -2.47. The van der Waals surface area contributed by atoms with Gasteiger partial charge in [0.25, 0.3) is 0 Å². The molecule has 4 unspecified atom stereocenters. The maximum atomic E-state index is 12.8. The molecule has 2 fully saturated rings. The average molecular weight is 343 g/mol. The lowest BCUT2D eigenvalue weighted by atomic mass is 9.79. The molecule has 0 radical (unpaired) electrons. The quantitative estimate of drug-likeness (QED) is 0.825. The zero-order valence-corrected chi connectivity index (χ0v) is 13.5. The van der Waals surface area contributed by atoms with Gasteiger partial charge >= 0.3 is 6.18 Å². The molecular formula is C15H26ClF3N2O. The van der Waals surface area contributed by atoms with Gasteiger partial charge in [-0.15, -0.1) is 12.4 Å². The molecule has 0 aliphatic heterocycles. The van der Waals surface area contributed by atoms with Crippen molar-refractivity contribution in [3.8, 4) is 0 Å². The van der Waals surface area contributed by atoms with Crippen molar-refractivity contribution in [3.63, 3.8) is 0 Å². The number of carbonyl (C=O) groups is 1. The summed E-state index contributed by atoms with van der Waals surface area (Å²) in [6, 6.07) is 0.0440. The summed E-state index contributed by atoms with van der Waals surface area (Å²) in [6.07, 6.45) is 1.03. The molecular weight excluding hydrogens is 317 g/mol. The molecule has 0 saturated heterocycles. The maximum absolute atomic E-state index is 12.8. The summed E-state index contributed by atoms with van der Waals surface area (Å²) in [5.41, 5.74) is 5.73. The van der Waals surface area contributed by atoms with Crippen molar-refractivity contribution in [2.45, 2.75) is 63.6 Å². The van der Waals surface area contributed by atoms with E-state index in [9.17, 15) is 18.0 Å². The zero-order valence-electron chi connectivity index (χ0n) is 12.7. The molecule has 0 bridgehead atoms. The molecule has 22 heavy (non-hydrogen) atoms. The highest BCUT2D eigenvalue weighted by Gasteiger charge is 2.43. The SMILES string of the molecule is Cl.NCC1CCCCC1NC(=O)C1CCCC(C(F)(F)F)C1. The predicted octanol–water partition coefficient (Wildman–Crippen LogP) is 3.41. The van der Waals surface area contributed by atoms with E-state index in [4.69, 9.17) is 5.73 Å². The third kappa shape index (κ3) is 5.01. The highest BCUT2D eigenvalue weighted by molar-refractivity contribution is 5.85. The summed E-state index contributed by atoms with van der Waals surface area (Å²) < 4.78 is 38.4. The first kappa shape index (κ1) is 19.6. The zero-order chi connectivity index (χ0) is 15.5. The van der Waals surface area contributed by atoms with Gasteiger partial charge in [-0.05, 0) is 44.6 Å². The van der Waals surface area contributed by atoms with Crippen LogP contribution in [0.5, 0.6) is 0 Å². The van der Waals surface area contributed by atoms with E-state index in [0.29, 0.717) is 19.4 Å². The number of nitrogens with two attached hydrogens (primary N) is 1. The van der Waals surface area contributed by atoms with Crippen molar-refractivity contribution in [2.75, 3.05) is 6.54 Å². The van der Waals surface area contributed by atoms with Crippen LogP contribution >= 0.6 is 12.4 Å². The van der Waals surface area contributed by atoms with Crippen molar-refractivity contribution in [3.05, 3.63) is 0 Å². The number of carbonyl (C=O) groups excluding carboxylic acids is 1. The van der Waals surface area contributed by atoms with E-state index in [-0.39, 0.29) is 43.1 Å². The highest BCUT2D eigenvalue weighted by atomic mass is 35.5. The van der Waals surface area contributed by atoms with Gasteiger partial charge in [-0.2, -0.15) is 13.2 Å². The van der Waals surface area contributed by atoms with Gasteiger partial charge < -0.3 is 11.1 Å². The number of amides is 1. The van der Waals surface area contributed by atoms with Crippen LogP contribution in [0.2, 0.25) is 0 Å². The van der Waals surface area contributed by atoms with Crippen molar-refractivity contribution in [1.29, 1.82) is 0 Å². The number of alkyl halides is 3. The van der Waals surface area contributed by atoms with Crippen molar-refractivity contribution >= 4 is 18.3 Å². The largest absolute Gasteiger partial charge is 0.391 e. The van der Waals surface area contributed by atoms with Crippen LogP contribution in [0.3, 0.4) is 0 Å². The summed E-state index contributed by atoms with van der Waals surface area (Å²) >= 11 is 0. The Morgan fingerprint density at radius 1 is 1.09 bits per heavy atom. The molecule has 3 N–H and O–H groups in total. The maximum Gasteiger partial charge on any atom is 0.391 e. The van der Waals surface area contributed by atoms with Gasteiger partial charge in [0.1, 0.15) is 0 Å². The standard InChI is InChI=1S/C15H25F3N2O.ClH/c16-15(17,18)12-6-3-5-10(8-12)14(21)20-13-7-2-1-4-11(13)9-19;/h10-13H,1-9,19H2,(H,20,21);1H.